The van der Waals surface area contributed by atoms with Crippen molar-refractivity contribution in [2.75, 3.05) is 16.8 Å². The fourth-order valence-electron chi connectivity index (χ4n) is 3.88. The topological polar surface area (TPSA) is 168 Å². The average molecular weight is 609 g/mol. The van der Waals surface area contributed by atoms with E-state index in [1.807, 2.05) is 0 Å². The minimum Gasteiger partial charge on any atom is -0.465 e. The van der Waals surface area contributed by atoms with Crippen LogP contribution in [0.2, 0.25) is 5.02 Å². The Hall–Kier alpha value is -4.49. The Balaban J connectivity index is 1.59. The van der Waals surface area contributed by atoms with Gasteiger partial charge >= 0.3 is 6.09 Å². The minimum absolute atomic E-state index is 0.0631. The van der Waals surface area contributed by atoms with Crippen molar-refractivity contribution in [3.63, 3.8) is 0 Å². The lowest BCUT2D eigenvalue weighted by molar-refractivity contribution is -0.117. The number of nitrogens with zero attached hydrogens (tertiary/aromatic N) is 5. The maximum Gasteiger partial charge on any atom is 0.409 e. The molecule has 0 bridgehead atoms. The molecule has 2 amide bonds. The number of carbonyl (C=O) groups excluding carboxylic acids is 1. The number of hydrogen-bond donors (Lipinski definition) is 4. The summed E-state index contributed by atoms with van der Waals surface area (Å²) in [7, 11) is 0. The number of anilines is 1. The summed E-state index contributed by atoms with van der Waals surface area (Å²) >= 11 is 7.85. The Morgan fingerprint density at radius 3 is 2.60 bits per heavy atom. The van der Waals surface area contributed by atoms with Crippen molar-refractivity contribution in [2.24, 2.45) is 5.41 Å². The summed E-state index contributed by atoms with van der Waals surface area (Å²) in [6.07, 6.45) is 3.27. The van der Waals surface area contributed by atoms with E-state index in [9.17, 15) is 14.4 Å². The molecule has 42 heavy (non-hydrogen) atoms. The summed E-state index contributed by atoms with van der Waals surface area (Å²) in [4.78, 5) is 36.7. The number of amides is 2. The Labute approximate surface area is 250 Å². The van der Waals surface area contributed by atoms with Crippen LogP contribution >= 0.6 is 23.4 Å². The zero-order valence-electron chi connectivity index (χ0n) is 23.0. The van der Waals surface area contributed by atoms with Crippen LogP contribution in [-0.2, 0) is 4.79 Å². The maximum atomic E-state index is 13.1. The number of H-pyrrole nitrogens is 1. The quantitative estimate of drug-likeness (QED) is 0.185. The van der Waals surface area contributed by atoms with E-state index in [-0.39, 0.29) is 11.3 Å². The summed E-state index contributed by atoms with van der Waals surface area (Å²) in [5, 5.41) is 32.7. The third kappa shape index (κ3) is 8.51. The Bertz CT molecular complexity index is 1630. The van der Waals surface area contributed by atoms with Crippen LogP contribution in [0.15, 0.2) is 65.7 Å². The van der Waals surface area contributed by atoms with E-state index in [0.717, 1.165) is 5.75 Å². The largest absolute Gasteiger partial charge is 0.465 e. The normalized spacial score (nSPS) is 12.3. The van der Waals surface area contributed by atoms with Gasteiger partial charge in [0.15, 0.2) is 0 Å². The first-order valence-electron chi connectivity index (χ1n) is 12.8. The molecular formula is C28H29ClN8O4S. The van der Waals surface area contributed by atoms with Crippen molar-refractivity contribution in [3.8, 4) is 16.8 Å². The van der Waals surface area contributed by atoms with E-state index in [0.29, 0.717) is 44.5 Å². The lowest BCUT2D eigenvalue weighted by Crippen LogP contribution is -2.31. The molecule has 2 aromatic heterocycles. The predicted molar refractivity (Wildman–Crippen MR) is 163 cm³/mol. The molecule has 4 aromatic rings. The van der Waals surface area contributed by atoms with Crippen molar-refractivity contribution in [1.29, 1.82) is 0 Å². The maximum absolute atomic E-state index is 13.1. The Morgan fingerprint density at radius 1 is 1.17 bits per heavy atom. The minimum atomic E-state index is -1.19. The second-order valence-corrected chi connectivity index (χ2v) is 11.9. The average Bonchev–Trinajstić information content (AvgIpc) is 3.46. The predicted octanol–water partition coefficient (Wildman–Crippen LogP) is 4.81. The zero-order chi connectivity index (χ0) is 30.3. The van der Waals surface area contributed by atoms with Crippen molar-refractivity contribution in [3.05, 3.63) is 87.6 Å². The van der Waals surface area contributed by atoms with E-state index >= 15 is 0 Å². The molecule has 0 fully saturated rings. The van der Waals surface area contributed by atoms with E-state index in [1.165, 1.54) is 17.1 Å². The monoisotopic (exact) mass is 608 g/mol. The van der Waals surface area contributed by atoms with Gasteiger partial charge in [0.25, 0.3) is 5.56 Å². The van der Waals surface area contributed by atoms with Gasteiger partial charge in [-0.05, 0) is 69.6 Å². The molecule has 218 valence electrons. The summed E-state index contributed by atoms with van der Waals surface area (Å²) in [5.41, 5.74) is 2.67. The van der Waals surface area contributed by atoms with E-state index < -0.39 is 17.7 Å². The highest BCUT2D eigenvalue weighted by Gasteiger charge is 2.20. The standard InChI is InChI=1S/C28H29ClN8O4S/c1-28(2,3)15-42-14-23(22-13-21(26(39)34-33-22)17-4-8-20(9-5-17)31-27(40)41)32-25(38)11-6-18-12-19(29)7-10-24(18)37-16-30-35-36-37/h4-13,16,23,31H,14-15H2,1-3H3,(H,32,38)(H,34,39)(H,40,41). The number of nitrogens with one attached hydrogen (secondary N) is 3. The lowest BCUT2D eigenvalue weighted by Gasteiger charge is -2.21. The molecular weight excluding hydrogens is 580 g/mol. The van der Waals surface area contributed by atoms with Gasteiger partial charge in [-0.3, -0.25) is 14.9 Å². The molecule has 4 N–H and O–H groups in total. The molecule has 14 heteroatoms. The fourth-order valence-corrected chi connectivity index (χ4v) is 5.28. The first-order chi connectivity index (χ1) is 20.0. The first kappa shape index (κ1) is 30.5. The highest BCUT2D eigenvalue weighted by molar-refractivity contribution is 7.99. The van der Waals surface area contributed by atoms with Crippen LogP contribution in [0.3, 0.4) is 0 Å². The number of aromatic nitrogens is 6. The SMILES string of the molecule is CC(C)(C)CSCC(NC(=O)C=Cc1cc(Cl)ccc1-n1cnnn1)c1cc(-c2ccc(NC(=O)O)cc2)c(=O)[nH]n1. The highest BCUT2D eigenvalue weighted by Crippen LogP contribution is 2.26. The summed E-state index contributed by atoms with van der Waals surface area (Å²) in [6, 6.07) is 12.7. The molecule has 0 saturated carbocycles. The van der Waals surface area contributed by atoms with E-state index in [1.54, 1.807) is 66.4 Å². The third-order valence-corrected chi connectivity index (χ3v) is 7.64. The van der Waals surface area contributed by atoms with Crippen LogP contribution in [0, 0.1) is 5.41 Å². The second-order valence-electron chi connectivity index (χ2n) is 10.5. The number of rotatable bonds is 10. The molecule has 2 heterocycles. The molecule has 12 nitrogen and oxygen atoms in total. The van der Waals surface area contributed by atoms with Crippen LogP contribution in [0.1, 0.15) is 38.1 Å². The van der Waals surface area contributed by atoms with Gasteiger partial charge in [-0.1, -0.05) is 44.5 Å². The van der Waals surface area contributed by atoms with Gasteiger partial charge in [-0.2, -0.15) is 21.5 Å². The Kier molecular flexibility index (Phi) is 9.76. The van der Waals surface area contributed by atoms with Gasteiger partial charge < -0.3 is 10.4 Å². The van der Waals surface area contributed by atoms with Gasteiger partial charge in [0.1, 0.15) is 6.33 Å². The molecule has 4 rings (SSSR count). The molecule has 0 saturated heterocycles. The number of carbonyl (C=O) groups is 2. The molecule has 0 aliphatic rings. The lowest BCUT2D eigenvalue weighted by atomic mass is 10.0. The van der Waals surface area contributed by atoms with Crippen LogP contribution in [0.5, 0.6) is 0 Å². The van der Waals surface area contributed by atoms with Crippen molar-refractivity contribution < 1.29 is 14.7 Å². The van der Waals surface area contributed by atoms with Crippen LogP contribution < -0.4 is 16.2 Å². The first-order valence-corrected chi connectivity index (χ1v) is 14.3. The van der Waals surface area contributed by atoms with E-state index in [2.05, 4.69) is 57.1 Å². The fraction of sp³-hybridized carbons (Fsp3) is 0.250. The van der Waals surface area contributed by atoms with Crippen LogP contribution in [0.4, 0.5) is 10.5 Å². The Morgan fingerprint density at radius 2 is 1.93 bits per heavy atom. The highest BCUT2D eigenvalue weighted by atomic mass is 35.5. The molecule has 1 unspecified atom stereocenters. The number of carboxylic acid groups (broad SMARTS) is 1. The van der Waals surface area contributed by atoms with Crippen molar-refractivity contribution in [2.45, 2.75) is 26.8 Å². The third-order valence-electron chi connectivity index (χ3n) is 5.76. The van der Waals surface area contributed by atoms with Gasteiger partial charge in [0, 0.05) is 28.1 Å². The summed E-state index contributed by atoms with van der Waals surface area (Å²) in [5.74, 6) is 0.961. The summed E-state index contributed by atoms with van der Waals surface area (Å²) in [6.45, 7) is 6.38. The van der Waals surface area contributed by atoms with Gasteiger partial charge in [-0.15, -0.1) is 5.10 Å². The number of tetrazole rings is 1. The number of hydrogen-bond acceptors (Lipinski definition) is 8. The van der Waals surface area contributed by atoms with E-state index in [4.69, 9.17) is 16.7 Å². The summed E-state index contributed by atoms with van der Waals surface area (Å²) < 4.78 is 1.47. The zero-order valence-corrected chi connectivity index (χ0v) is 24.6. The molecule has 0 radical (unpaired) electrons. The molecule has 1 atom stereocenters. The molecule has 2 aromatic carbocycles. The van der Waals surface area contributed by atoms with Gasteiger partial charge in [-0.25, -0.2) is 9.89 Å². The molecule has 0 aliphatic heterocycles. The number of benzene rings is 2. The van der Waals surface area contributed by atoms with Crippen LogP contribution in [-0.4, -0.2) is 59.0 Å². The molecule has 0 spiro atoms. The molecule has 0 aliphatic carbocycles. The number of aromatic amines is 1. The van der Waals surface area contributed by atoms with Crippen molar-refractivity contribution in [1.82, 2.24) is 35.7 Å². The van der Waals surface area contributed by atoms with Crippen LogP contribution in [0.25, 0.3) is 22.9 Å². The smallest absolute Gasteiger partial charge is 0.409 e. The number of thioether (sulfide) groups is 1. The van der Waals surface area contributed by atoms with Gasteiger partial charge in [0.2, 0.25) is 5.91 Å². The van der Waals surface area contributed by atoms with Crippen molar-refractivity contribution >= 4 is 47.1 Å². The second kappa shape index (κ2) is 13.4. The number of halogens is 1. The van der Waals surface area contributed by atoms with Gasteiger partial charge in [0.05, 0.1) is 23.0 Å².